The molecule has 0 saturated heterocycles. The Labute approximate surface area is 115 Å². The predicted molar refractivity (Wildman–Crippen MR) is 67.8 cm³/mol. The zero-order valence-corrected chi connectivity index (χ0v) is 11.4. The summed E-state index contributed by atoms with van der Waals surface area (Å²) in [5.74, 6) is -6.47. The smallest absolute Gasteiger partial charge is 0.307 e. The average Bonchev–Trinajstić information content (AvgIpc) is 2.34. The second-order valence-corrected chi connectivity index (χ2v) is 6.22. The van der Waals surface area contributed by atoms with Crippen LogP contribution in [0, 0.1) is 28.8 Å². The van der Waals surface area contributed by atoms with E-state index >= 15 is 0 Å². The maximum Gasteiger partial charge on any atom is 0.307 e. The van der Waals surface area contributed by atoms with Gasteiger partial charge in [-0.25, -0.2) is 13.2 Å². The van der Waals surface area contributed by atoms with E-state index in [1.165, 1.54) is 0 Å². The third-order valence-electron chi connectivity index (χ3n) is 4.17. The molecule has 20 heavy (non-hydrogen) atoms. The molecule has 2 rings (SSSR count). The first-order valence-corrected chi connectivity index (χ1v) is 6.59. The highest BCUT2D eigenvalue weighted by Gasteiger charge is 2.40. The van der Waals surface area contributed by atoms with Gasteiger partial charge in [-0.2, -0.15) is 0 Å². The van der Waals surface area contributed by atoms with E-state index in [0.717, 1.165) is 12.1 Å². The van der Waals surface area contributed by atoms with E-state index < -0.39 is 35.3 Å². The second kappa shape index (κ2) is 5.11. The van der Waals surface area contributed by atoms with E-state index in [4.69, 9.17) is 0 Å². The Kier molecular flexibility index (Phi) is 3.80. The molecule has 0 aromatic heterocycles. The summed E-state index contributed by atoms with van der Waals surface area (Å²) in [6.45, 7) is 3.94. The number of hydrogen-bond donors (Lipinski definition) is 1. The van der Waals surface area contributed by atoms with Crippen molar-refractivity contribution in [2.24, 2.45) is 11.3 Å². The molecule has 1 aliphatic rings. The largest absolute Gasteiger partial charge is 0.481 e. The van der Waals surface area contributed by atoms with E-state index in [-0.39, 0.29) is 11.0 Å². The van der Waals surface area contributed by atoms with Gasteiger partial charge >= 0.3 is 5.97 Å². The van der Waals surface area contributed by atoms with Crippen molar-refractivity contribution in [3.8, 4) is 0 Å². The molecule has 1 aromatic carbocycles. The molecule has 1 fully saturated rings. The van der Waals surface area contributed by atoms with E-state index in [1.807, 2.05) is 13.8 Å². The average molecular weight is 286 g/mol. The van der Waals surface area contributed by atoms with Crippen LogP contribution in [0.15, 0.2) is 12.1 Å². The van der Waals surface area contributed by atoms with Crippen LogP contribution >= 0.6 is 0 Å². The number of benzene rings is 1. The molecule has 110 valence electrons. The van der Waals surface area contributed by atoms with Crippen LogP contribution in [0.2, 0.25) is 0 Å². The fourth-order valence-electron chi connectivity index (χ4n) is 3.04. The normalized spacial score (nSPS) is 25.4. The maximum absolute atomic E-state index is 13.9. The molecule has 2 nitrogen and oxygen atoms in total. The van der Waals surface area contributed by atoms with Crippen molar-refractivity contribution in [2.75, 3.05) is 0 Å². The summed E-state index contributed by atoms with van der Waals surface area (Å²) < 4.78 is 40.3. The van der Waals surface area contributed by atoms with Gasteiger partial charge in [-0.1, -0.05) is 19.9 Å². The lowest BCUT2D eigenvalue weighted by Gasteiger charge is -2.39. The van der Waals surface area contributed by atoms with Gasteiger partial charge in [-0.05, 0) is 36.3 Å². The lowest BCUT2D eigenvalue weighted by Crippen LogP contribution is -2.33. The monoisotopic (exact) mass is 286 g/mol. The van der Waals surface area contributed by atoms with Gasteiger partial charge < -0.3 is 5.11 Å². The standard InChI is InChI=1S/C15H17F3O2/c1-15(2)6-5-9(14(19)20)10(7-15)8-3-4-11(16)13(18)12(8)17/h3-4,9-10H,5-7H2,1-2H3,(H,19,20). The summed E-state index contributed by atoms with van der Waals surface area (Å²) in [5, 5.41) is 9.26. The molecular formula is C15H17F3O2. The molecule has 0 amide bonds. The van der Waals surface area contributed by atoms with Gasteiger partial charge in [0.2, 0.25) is 0 Å². The lowest BCUT2D eigenvalue weighted by molar-refractivity contribution is -0.144. The summed E-state index contributed by atoms with van der Waals surface area (Å²) >= 11 is 0. The van der Waals surface area contributed by atoms with Crippen molar-refractivity contribution in [3.63, 3.8) is 0 Å². The molecule has 1 aromatic rings. The number of carboxylic acid groups (broad SMARTS) is 1. The zero-order valence-electron chi connectivity index (χ0n) is 11.4. The van der Waals surface area contributed by atoms with Crippen LogP contribution < -0.4 is 0 Å². The highest BCUT2D eigenvalue weighted by molar-refractivity contribution is 5.71. The Morgan fingerprint density at radius 2 is 1.90 bits per heavy atom. The zero-order chi connectivity index (χ0) is 15.1. The second-order valence-electron chi connectivity index (χ2n) is 6.22. The Bertz CT molecular complexity index is 540. The molecule has 2 unspecified atom stereocenters. The quantitative estimate of drug-likeness (QED) is 0.831. The van der Waals surface area contributed by atoms with Gasteiger partial charge in [0.15, 0.2) is 17.5 Å². The minimum Gasteiger partial charge on any atom is -0.481 e. The van der Waals surface area contributed by atoms with Crippen LogP contribution in [0.4, 0.5) is 13.2 Å². The summed E-state index contributed by atoms with van der Waals surface area (Å²) in [7, 11) is 0. The molecule has 0 bridgehead atoms. The Morgan fingerprint density at radius 1 is 1.25 bits per heavy atom. The Morgan fingerprint density at radius 3 is 2.50 bits per heavy atom. The molecule has 0 spiro atoms. The van der Waals surface area contributed by atoms with Crippen molar-refractivity contribution in [2.45, 2.75) is 39.0 Å². The summed E-state index contributed by atoms with van der Waals surface area (Å²) in [4.78, 5) is 11.3. The molecule has 0 radical (unpaired) electrons. The SMILES string of the molecule is CC1(C)CCC(C(=O)O)C(c2ccc(F)c(F)c2F)C1. The summed E-state index contributed by atoms with van der Waals surface area (Å²) in [6, 6.07) is 2.02. The molecule has 1 saturated carbocycles. The highest BCUT2D eigenvalue weighted by Crippen LogP contribution is 2.47. The molecular weight excluding hydrogens is 269 g/mol. The fraction of sp³-hybridized carbons (Fsp3) is 0.533. The molecule has 2 atom stereocenters. The fourth-order valence-corrected chi connectivity index (χ4v) is 3.04. The third kappa shape index (κ3) is 2.67. The molecule has 1 aliphatic carbocycles. The van der Waals surface area contributed by atoms with E-state index in [2.05, 4.69) is 0 Å². The first kappa shape index (κ1) is 14.9. The third-order valence-corrected chi connectivity index (χ3v) is 4.17. The van der Waals surface area contributed by atoms with Crippen LogP contribution in [0.25, 0.3) is 0 Å². The van der Waals surface area contributed by atoms with Crippen molar-refractivity contribution in [1.82, 2.24) is 0 Å². The predicted octanol–water partition coefficient (Wildman–Crippen LogP) is 4.10. The van der Waals surface area contributed by atoms with Gasteiger partial charge in [-0.3, -0.25) is 4.79 Å². The van der Waals surface area contributed by atoms with E-state index in [0.29, 0.717) is 19.3 Å². The first-order valence-electron chi connectivity index (χ1n) is 6.59. The van der Waals surface area contributed by atoms with Crippen LogP contribution in [0.3, 0.4) is 0 Å². The summed E-state index contributed by atoms with van der Waals surface area (Å²) in [5.41, 5.74) is -0.183. The van der Waals surface area contributed by atoms with Crippen LogP contribution in [-0.4, -0.2) is 11.1 Å². The van der Waals surface area contributed by atoms with E-state index in [1.54, 1.807) is 0 Å². The molecule has 0 heterocycles. The maximum atomic E-state index is 13.9. The van der Waals surface area contributed by atoms with Gasteiger partial charge in [0.25, 0.3) is 0 Å². The number of carbonyl (C=O) groups is 1. The topological polar surface area (TPSA) is 37.3 Å². The van der Waals surface area contributed by atoms with E-state index in [9.17, 15) is 23.1 Å². The van der Waals surface area contributed by atoms with Crippen LogP contribution in [0.1, 0.15) is 44.6 Å². The Balaban J connectivity index is 2.46. The highest BCUT2D eigenvalue weighted by atomic mass is 19.2. The minimum atomic E-state index is -1.53. The number of rotatable bonds is 2. The number of hydrogen-bond acceptors (Lipinski definition) is 1. The first-order chi connectivity index (χ1) is 9.23. The number of aliphatic carboxylic acids is 1. The lowest BCUT2D eigenvalue weighted by atomic mass is 9.65. The van der Waals surface area contributed by atoms with Crippen LogP contribution in [0.5, 0.6) is 0 Å². The van der Waals surface area contributed by atoms with Crippen molar-refractivity contribution < 1.29 is 23.1 Å². The molecule has 0 aliphatic heterocycles. The minimum absolute atomic E-state index is 0.0379. The van der Waals surface area contributed by atoms with Crippen molar-refractivity contribution in [1.29, 1.82) is 0 Å². The van der Waals surface area contributed by atoms with Gasteiger partial charge in [-0.15, -0.1) is 0 Å². The summed E-state index contributed by atoms with van der Waals surface area (Å²) in [6.07, 6.45) is 1.56. The van der Waals surface area contributed by atoms with Crippen LogP contribution in [-0.2, 0) is 4.79 Å². The number of halogens is 3. The van der Waals surface area contributed by atoms with Gasteiger partial charge in [0, 0.05) is 5.92 Å². The molecule has 5 heteroatoms. The van der Waals surface area contributed by atoms with Crippen molar-refractivity contribution in [3.05, 3.63) is 35.1 Å². The molecule has 1 N–H and O–H groups in total. The number of carboxylic acids is 1. The van der Waals surface area contributed by atoms with Gasteiger partial charge in [0.1, 0.15) is 0 Å². The van der Waals surface area contributed by atoms with Crippen molar-refractivity contribution >= 4 is 5.97 Å². The Hall–Kier alpha value is -1.52. The van der Waals surface area contributed by atoms with Gasteiger partial charge in [0.05, 0.1) is 5.92 Å².